The van der Waals surface area contributed by atoms with Crippen LogP contribution in [0.4, 0.5) is 4.39 Å². The molecule has 6 heteroatoms. The van der Waals surface area contributed by atoms with Crippen LogP contribution in [0.25, 0.3) is 0 Å². The molecule has 0 unspecified atom stereocenters. The molecule has 4 nitrogen and oxygen atoms in total. The van der Waals surface area contributed by atoms with E-state index >= 15 is 0 Å². The average Bonchev–Trinajstić information content (AvgIpc) is 2.43. The zero-order valence-electron chi connectivity index (χ0n) is 11.9. The fourth-order valence-corrected chi connectivity index (χ4v) is 2.51. The lowest BCUT2D eigenvalue weighted by Gasteiger charge is -2.32. The smallest absolute Gasteiger partial charge is 0.423 e. The van der Waals surface area contributed by atoms with Gasteiger partial charge in [-0.15, -0.1) is 0 Å². The molecule has 110 valence electrons. The van der Waals surface area contributed by atoms with E-state index in [1.165, 1.54) is 12.1 Å². The number of likely N-dealkylation sites (N-methyl/N-ethyl adjacent to an activating group) is 1. The number of hydrogen-bond acceptors (Lipinski definition) is 4. The standard InChI is InChI=1S/C14H22BFN2O2/c1-17-7-9-18(10-8-17)6-2-3-12-11-13(15(19)20)4-5-14(12)16/h4-5,11,19-20H,2-3,6-10H2,1H3. The summed E-state index contributed by atoms with van der Waals surface area (Å²) in [6.07, 6.45) is 1.50. The molecule has 1 fully saturated rings. The maximum Gasteiger partial charge on any atom is 0.488 e. The third kappa shape index (κ3) is 4.28. The van der Waals surface area contributed by atoms with Crippen molar-refractivity contribution in [3.63, 3.8) is 0 Å². The van der Waals surface area contributed by atoms with Crippen LogP contribution in [0.15, 0.2) is 18.2 Å². The second kappa shape index (κ2) is 7.17. The molecule has 0 atom stereocenters. The summed E-state index contributed by atoms with van der Waals surface area (Å²) >= 11 is 0. The van der Waals surface area contributed by atoms with Crippen molar-refractivity contribution in [3.8, 4) is 0 Å². The van der Waals surface area contributed by atoms with Crippen molar-refractivity contribution in [2.24, 2.45) is 0 Å². The van der Waals surface area contributed by atoms with Crippen molar-refractivity contribution < 1.29 is 14.4 Å². The number of rotatable bonds is 5. The third-order valence-corrected chi connectivity index (χ3v) is 3.88. The van der Waals surface area contributed by atoms with Crippen LogP contribution in [0.3, 0.4) is 0 Å². The molecule has 1 aromatic rings. The Bertz CT molecular complexity index is 437. The van der Waals surface area contributed by atoms with Gasteiger partial charge in [0.25, 0.3) is 0 Å². The van der Waals surface area contributed by atoms with Gasteiger partial charge in [-0.05, 0) is 43.5 Å². The van der Waals surface area contributed by atoms with Gasteiger partial charge in [-0.3, -0.25) is 0 Å². The average molecular weight is 280 g/mol. The topological polar surface area (TPSA) is 46.9 Å². The molecule has 0 spiro atoms. The summed E-state index contributed by atoms with van der Waals surface area (Å²) in [7, 11) is 0.588. The van der Waals surface area contributed by atoms with E-state index in [0.717, 1.165) is 39.1 Å². The van der Waals surface area contributed by atoms with Crippen molar-refractivity contribution >= 4 is 12.6 Å². The van der Waals surface area contributed by atoms with Gasteiger partial charge >= 0.3 is 7.12 Å². The molecule has 0 bridgehead atoms. The van der Waals surface area contributed by atoms with Gasteiger partial charge in [0.2, 0.25) is 0 Å². The highest BCUT2D eigenvalue weighted by Gasteiger charge is 2.15. The Morgan fingerprint density at radius 1 is 1.20 bits per heavy atom. The first-order chi connectivity index (χ1) is 9.56. The molecule has 0 radical (unpaired) electrons. The summed E-state index contributed by atoms with van der Waals surface area (Å²) in [4.78, 5) is 4.70. The maximum atomic E-state index is 13.7. The number of aryl methyl sites for hydroxylation is 1. The van der Waals surface area contributed by atoms with Crippen LogP contribution in [-0.4, -0.2) is 66.7 Å². The predicted octanol–water partition coefficient (Wildman–Crippen LogP) is -0.315. The predicted molar refractivity (Wildman–Crippen MR) is 78.5 cm³/mol. The first-order valence-electron chi connectivity index (χ1n) is 7.11. The van der Waals surface area contributed by atoms with E-state index in [4.69, 9.17) is 10.0 Å². The largest absolute Gasteiger partial charge is 0.488 e. The Kier molecular flexibility index (Phi) is 5.54. The van der Waals surface area contributed by atoms with Gasteiger partial charge in [0.1, 0.15) is 5.82 Å². The lowest BCUT2D eigenvalue weighted by atomic mass is 9.79. The van der Waals surface area contributed by atoms with Crippen LogP contribution in [-0.2, 0) is 6.42 Å². The van der Waals surface area contributed by atoms with Crippen molar-refractivity contribution in [2.75, 3.05) is 39.8 Å². The first-order valence-corrected chi connectivity index (χ1v) is 7.11. The molecule has 2 rings (SSSR count). The van der Waals surface area contributed by atoms with Crippen LogP contribution in [0.2, 0.25) is 0 Å². The quantitative estimate of drug-likeness (QED) is 0.726. The Hall–Kier alpha value is -0.945. The number of piperazine rings is 1. The van der Waals surface area contributed by atoms with Gasteiger partial charge in [0, 0.05) is 26.2 Å². The van der Waals surface area contributed by atoms with Gasteiger partial charge in [-0.1, -0.05) is 12.1 Å². The van der Waals surface area contributed by atoms with Crippen molar-refractivity contribution in [2.45, 2.75) is 12.8 Å². The molecule has 20 heavy (non-hydrogen) atoms. The van der Waals surface area contributed by atoms with Crippen molar-refractivity contribution in [3.05, 3.63) is 29.6 Å². The summed E-state index contributed by atoms with van der Waals surface area (Å²) in [5.41, 5.74) is 0.908. The molecule has 0 aromatic heterocycles. The molecular weight excluding hydrogens is 258 g/mol. The number of hydrogen-bond donors (Lipinski definition) is 2. The van der Waals surface area contributed by atoms with Gasteiger partial charge < -0.3 is 19.8 Å². The highest BCUT2D eigenvalue weighted by atomic mass is 19.1. The van der Waals surface area contributed by atoms with Crippen molar-refractivity contribution in [1.29, 1.82) is 0 Å². The fourth-order valence-electron chi connectivity index (χ4n) is 2.51. The number of halogens is 1. The van der Waals surface area contributed by atoms with E-state index in [-0.39, 0.29) is 5.82 Å². The van der Waals surface area contributed by atoms with Crippen LogP contribution >= 0.6 is 0 Å². The van der Waals surface area contributed by atoms with Gasteiger partial charge in [0.15, 0.2) is 0 Å². The summed E-state index contributed by atoms with van der Waals surface area (Å²) in [6.45, 7) is 5.25. The Morgan fingerprint density at radius 3 is 2.55 bits per heavy atom. The van der Waals surface area contributed by atoms with Crippen LogP contribution in [0.1, 0.15) is 12.0 Å². The Morgan fingerprint density at radius 2 is 1.90 bits per heavy atom. The lowest BCUT2D eigenvalue weighted by Crippen LogP contribution is -2.44. The molecule has 2 N–H and O–H groups in total. The van der Waals surface area contributed by atoms with Gasteiger partial charge in [-0.25, -0.2) is 4.39 Å². The monoisotopic (exact) mass is 280 g/mol. The van der Waals surface area contributed by atoms with E-state index in [2.05, 4.69) is 16.8 Å². The zero-order chi connectivity index (χ0) is 14.5. The zero-order valence-corrected chi connectivity index (χ0v) is 11.9. The summed E-state index contributed by atoms with van der Waals surface area (Å²) in [6, 6.07) is 4.26. The molecule has 1 aliphatic heterocycles. The maximum absolute atomic E-state index is 13.7. The lowest BCUT2D eigenvalue weighted by molar-refractivity contribution is 0.153. The van der Waals surface area contributed by atoms with Crippen LogP contribution < -0.4 is 5.46 Å². The van der Waals surface area contributed by atoms with E-state index in [9.17, 15) is 4.39 Å². The summed E-state index contributed by atoms with van der Waals surface area (Å²) in [5.74, 6) is -0.271. The molecule has 1 aliphatic rings. The Labute approximate surface area is 120 Å². The van der Waals surface area contributed by atoms with Crippen LogP contribution in [0, 0.1) is 5.82 Å². The number of nitrogens with zero attached hydrogens (tertiary/aromatic N) is 2. The molecular formula is C14H22BFN2O2. The second-order valence-corrected chi connectivity index (χ2v) is 5.47. The minimum absolute atomic E-state index is 0.271. The molecule has 0 aliphatic carbocycles. The molecule has 1 saturated heterocycles. The minimum Gasteiger partial charge on any atom is -0.423 e. The SMILES string of the molecule is CN1CCN(CCCc2cc(B(O)O)ccc2F)CC1. The van der Waals surface area contributed by atoms with E-state index in [1.54, 1.807) is 6.07 Å². The first kappa shape index (κ1) is 15.4. The van der Waals surface area contributed by atoms with E-state index in [1.807, 2.05) is 0 Å². The molecule has 0 amide bonds. The van der Waals surface area contributed by atoms with E-state index in [0.29, 0.717) is 17.4 Å². The van der Waals surface area contributed by atoms with Crippen molar-refractivity contribution in [1.82, 2.24) is 9.80 Å². The van der Waals surface area contributed by atoms with Gasteiger partial charge in [-0.2, -0.15) is 0 Å². The second-order valence-electron chi connectivity index (χ2n) is 5.47. The molecule has 1 aromatic carbocycles. The Balaban J connectivity index is 1.83. The normalized spacial score (nSPS) is 17.4. The summed E-state index contributed by atoms with van der Waals surface area (Å²) < 4.78 is 13.7. The molecule has 0 saturated carbocycles. The van der Waals surface area contributed by atoms with Crippen LogP contribution in [0.5, 0.6) is 0 Å². The number of benzene rings is 1. The highest BCUT2D eigenvalue weighted by molar-refractivity contribution is 6.58. The summed E-state index contributed by atoms with van der Waals surface area (Å²) in [5, 5.41) is 18.2. The highest BCUT2D eigenvalue weighted by Crippen LogP contribution is 2.09. The minimum atomic E-state index is -1.54. The van der Waals surface area contributed by atoms with Gasteiger partial charge in [0.05, 0.1) is 0 Å². The third-order valence-electron chi connectivity index (χ3n) is 3.88. The van der Waals surface area contributed by atoms with E-state index < -0.39 is 7.12 Å². The fraction of sp³-hybridized carbons (Fsp3) is 0.571. The molecule has 1 heterocycles.